The fourth-order valence-electron chi connectivity index (χ4n) is 1.08. The summed E-state index contributed by atoms with van der Waals surface area (Å²) in [7, 11) is 0. The van der Waals surface area contributed by atoms with E-state index >= 15 is 0 Å². The molecule has 0 aliphatic heterocycles. The van der Waals surface area contributed by atoms with Crippen molar-refractivity contribution in [2.75, 3.05) is 5.84 Å². The molecule has 0 unspecified atom stereocenters. The SMILES string of the molecule is Cc1cc(C(C)(C)C)n(N)n1. The van der Waals surface area contributed by atoms with E-state index in [1.165, 1.54) is 4.79 Å². The van der Waals surface area contributed by atoms with Crippen molar-refractivity contribution in [1.29, 1.82) is 0 Å². The molecule has 0 radical (unpaired) electrons. The van der Waals surface area contributed by atoms with Gasteiger partial charge in [-0.05, 0) is 13.0 Å². The second kappa shape index (κ2) is 2.26. The lowest BCUT2D eigenvalue weighted by atomic mass is 9.92. The van der Waals surface area contributed by atoms with Gasteiger partial charge in [0.15, 0.2) is 0 Å². The molecule has 11 heavy (non-hydrogen) atoms. The van der Waals surface area contributed by atoms with E-state index in [-0.39, 0.29) is 5.41 Å². The molecule has 1 aromatic rings. The number of hydrogen-bond acceptors (Lipinski definition) is 2. The first-order valence-corrected chi connectivity index (χ1v) is 3.73. The Balaban J connectivity index is 3.13. The Kier molecular flexibility index (Phi) is 1.66. The van der Waals surface area contributed by atoms with Crippen LogP contribution < -0.4 is 5.84 Å². The molecule has 1 rings (SSSR count). The summed E-state index contributed by atoms with van der Waals surface area (Å²) in [5, 5.41) is 4.07. The predicted octanol–water partition coefficient (Wildman–Crippen LogP) is 1.20. The number of rotatable bonds is 0. The topological polar surface area (TPSA) is 43.8 Å². The van der Waals surface area contributed by atoms with Crippen LogP contribution in [0, 0.1) is 6.92 Å². The van der Waals surface area contributed by atoms with Gasteiger partial charge in [0.2, 0.25) is 0 Å². The zero-order chi connectivity index (χ0) is 8.65. The van der Waals surface area contributed by atoms with Crippen molar-refractivity contribution < 1.29 is 0 Å². The van der Waals surface area contributed by atoms with E-state index in [1.54, 1.807) is 0 Å². The van der Waals surface area contributed by atoms with Crippen LogP contribution in [-0.4, -0.2) is 9.89 Å². The average Bonchev–Trinajstić information content (AvgIpc) is 2.08. The van der Waals surface area contributed by atoms with E-state index in [0.717, 1.165) is 11.4 Å². The monoisotopic (exact) mass is 153 g/mol. The van der Waals surface area contributed by atoms with Crippen molar-refractivity contribution in [3.05, 3.63) is 17.5 Å². The molecule has 1 aromatic heterocycles. The Morgan fingerprint density at radius 3 is 2.18 bits per heavy atom. The Bertz CT molecular complexity index is 255. The quantitative estimate of drug-likeness (QED) is 0.569. The number of nitrogens with zero attached hydrogens (tertiary/aromatic N) is 2. The zero-order valence-electron chi connectivity index (χ0n) is 7.55. The molecular weight excluding hydrogens is 138 g/mol. The third-order valence-corrected chi connectivity index (χ3v) is 1.63. The van der Waals surface area contributed by atoms with Crippen LogP contribution in [0.25, 0.3) is 0 Å². The van der Waals surface area contributed by atoms with Gasteiger partial charge in [0.25, 0.3) is 0 Å². The highest BCUT2D eigenvalue weighted by Crippen LogP contribution is 2.20. The first-order chi connectivity index (χ1) is 4.91. The molecule has 0 aliphatic rings. The third kappa shape index (κ3) is 1.53. The van der Waals surface area contributed by atoms with Crippen LogP contribution in [0.4, 0.5) is 0 Å². The molecule has 0 saturated carbocycles. The lowest BCUT2D eigenvalue weighted by Crippen LogP contribution is -2.23. The molecule has 0 bridgehead atoms. The molecule has 0 aliphatic carbocycles. The number of hydrogen-bond donors (Lipinski definition) is 1. The van der Waals surface area contributed by atoms with Crippen LogP contribution in [0.1, 0.15) is 32.2 Å². The van der Waals surface area contributed by atoms with Crippen molar-refractivity contribution in [2.45, 2.75) is 33.1 Å². The van der Waals surface area contributed by atoms with Gasteiger partial charge >= 0.3 is 0 Å². The third-order valence-electron chi connectivity index (χ3n) is 1.63. The van der Waals surface area contributed by atoms with Gasteiger partial charge in [0.05, 0.1) is 11.4 Å². The summed E-state index contributed by atoms with van der Waals surface area (Å²) in [6.07, 6.45) is 0. The van der Waals surface area contributed by atoms with E-state index in [0.29, 0.717) is 0 Å². The van der Waals surface area contributed by atoms with E-state index < -0.39 is 0 Å². The van der Waals surface area contributed by atoms with Crippen molar-refractivity contribution in [3.8, 4) is 0 Å². The number of aromatic nitrogens is 2. The number of aryl methyl sites for hydroxylation is 1. The highest BCUT2D eigenvalue weighted by molar-refractivity contribution is 5.16. The van der Waals surface area contributed by atoms with Crippen LogP contribution in [0.15, 0.2) is 6.07 Å². The van der Waals surface area contributed by atoms with Gasteiger partial charge in [0, 0.05) is 5.41 Å². The lowest BCUT2D eigenvalue weighted by molar-refractivity contribution is 0.535. The summed E-state index contributed by atoms with van der Waals surface area (Å²) < 4.78 is 0. The largest absolute Gasteiger partial charge is 0.323 e. The van der Waals surface area contributed by atoms with Crippen LogP contribution >= 0.6 is 0 Å². The minimum absolute atomic E-state index is 0.0794. The van der Waals surface area contributed by atoms with Gasteiger partial charge in [-0.25, -0.2) is 0 Å². The highest BCUT2D eigenvalue weighted by Gasteiger charge is 2.18. The predicted molar refractivity (Wildman–Crippen MR) is 45.8 cm³/mol. The highest BCUT2D eigenvalue weighted by atomic mass is 15.5. The van der Waals surface area contributed by atoms with Gasteiger partial charge in [-0.3, -0.25) is 0 Å². The van der Waals surface area contributed by atoms with Crippen LogP contribution in [-0.2, 0) is 5.41 Å². The van der Waals surface area contributed by atoms with Gasteiger partial charge in [-0.2, -0.15) is 9.89 Å². The standard InChI is InChI=1S/C8H15N3/c1-6-5-7(8(2,3)4)11(9)10-6/h5H,9H2,1-4H3. The van der Waals surface area contributed by atoms with Crippen molar-refractivity contribution in [3.63, 3.8) is 0 Å². The molecule has 3 nitrogen and oxygen atoms in total. The maximum atomic E-state index is 5.63. The van der Waals surface area contributed by atoms with E-state index in [4.69, 9.17) is 5.84 Å². The second-order valence-electron chi connectivity index (χ2n) is 3.87. The fraction of sp³-hybridized carbons (Fsp3) is 0.625. The van der Waals surface area contributed by atoms with Gasteiger partial charge in [-0.1, -0.05) is 20.8 Å². The summed E-state index contributed by atoms with van der Waals surface area (Å²) >= 11 is 0. The van der Waals surface area contributed by atoms with Crippen molar-refractivity contribution in [2.24, 2.45) is 0 Å². The molecule has 0 atom stereocenters. The molecule has 3 heteroatoms. The molecule has 0 spiro atoms. The molecule has 0 aromatic carbocycles. The molecule has 0 amide bonds. The van der Waals surface area contributed by atoms with E-state index in [9.17, 15) is 0 Å². The average molecular weight is 153 g/mol. The lowest BCUT2D eigenvalue weighted by Gasteiger charge is -2.17. The second-order valence-corrected chi connectivity index (χ2v) is 3.87. The molecular formula is C8H15N3. The van der Waals surface area contributed by atoms with E-state index in [1.807, 2.05) is 13.0 Å². The molecule has 0 saturated heterocycles. The summed E-state index contributed by atoms with van der Waals surface area (Å²) in [6.45, 7) is 8.30. The van der Waals surface area contributed by atoms with Crippen molar-refractivity contribution >= 4 is 0 Å². The first-order valence-electron chi connectivity index (χ1n) is 3.73. The van der Waals surface area contributed by atoms with Gasteiger partial charge in [0.1, 0.15) is 0 Å². The Labute approximate surface area is 67.2 Å². The summed E-state index contributed by atoms with van der Waals surface area (Å²) in [5.74, 6) is 5.63. The maximum absolute atomic E-state index is 5.63. The fourth-order valence-corrected chi connectivity index (χ4v) is 1.08. The minimum atomic E-state index is 0.0794. The Morgan fingerprint density at radius 2 is 2.00 bits per heavy atom. The summed E-state index contributed by atoms with van der Waals surface area (Å²) in [5.41, 5.74) is 2.11. The van der Waals surface area contributed by atoms with Gasteiger partial charge < -0.3 is 5.84 Å². The zero-order valence-corrected chi connectivity index (χ0v) is 7.55. The van der Waals surface area contributed by atoms with Crippen LogP contribution in [0.2, 0.25) is 0 Å². The molecule has 0 fully saturated rings. The van der Waals surface area contributed by atoms with Gasteiger partial charge in [-0.15, -0.1) is 0 Å². The smallest absolute Gasteiger partial charge is 0.0673 e. The first kappa shape index (κ1) is 8.11. The Hall–Kier alpha value is -0.990. The van der Waals surface area contributed by atoms with Crippen LogP contribution in [0.3, 0.4) is 0 Å². The summed E-state index contributed by atoms with van der Waals surface area (Å²) in [4.78, 5) is 1.45. The molecule has 2 N–H and O–H groups in total. The minimum Gasteiger partial charge on any atom is -0.323 e. The Morgan fingerprint density at radius 1 is 1.45 bits per heavy atom. The molecule has 1 heterocycles. The maximum Gasteiger partial charge on any atom is 0.0673 e. The van der Waals surface area contributed by atoms with Crippen molar-refractivity contribution in [1.82, 2.24) is 9.89 Å². The number of nitrogen functional groups attached to an aromatic ring is 1. The summed E-state index contributed by atoms with van der Waals surface area (Å²) in [6, 6.07) is 2.01. The van der Waals surface area contributed by atoms with Crippen LogP contribution in [0.5, 0.6) is 0 Å². The normalized spacial score (nSPS) is 12.0. The number of nitrogens with two attached hydrogens (primary N) is 1. The van der Waals surface area contributed by atoms with E-state index in [2.05, 4.69) is 25.9 Å². The molecule has 62 valence electrons.